The fraction of sp³-hybridized carbons (Fsp3) is 0.269. The molecule has 0 radical (unpaired) electrons. The van der Waals surface area contributed by atoms with Crippen LogP contribution in [0, 0.1) is 18.6 Å². The van der Waals surface area contributed by atoms with Crippen molar-refractivity contribution in [1.29, 1.82) is 0 Å². The highest BCUT2D eigenvalue weighted by Gasteiger charge is 2.29. The van der Waals surface area contributed by atoms with Gasteiger partial charge < -0.3 is 10.1 Å². The van der Waals surface area contributed by atoms with Crippen LogP contribution in [0.25, 0.3) is 16.9 Å². The van der Waals surface area contributed by atoms with Gasteiger partial charge in [-0.3, -0.25) is 4.79 Å². The average Bonchev–Trinajstić information content (AvgIpc) is 3.13. The lowest BCUT2D eigenvalue weighted by Gasteiger charge is -2.25. The van der Waals surface area contributed by atoms with Crippen molar-refractivity contribution in [2.45, 2.75) is 39.0 Å². The molecular formula is C26H24F2N4O2. The molecule has 1 aliphatic heterocycles. The Bertz CT molecular complexity index is 1390. The predicted octanol–water partition coefficient (Wildman–Crippen LogP) is 5.61. The van der Waals surface area contributed by atoms with E-state index in [1.54, 1.807) is 17.6 Å². The van der Waals surface area contributed by atoms with Gasteiger partial charge in [0.1, 0.15) is 17.4 Å². The topological polar surface area (TPSA) is 68.5 Å². The molecule has 0 saturated carbocycles. The summed E-state index contributed by atoms with van der Waals surface area (Å²) in [6.45, 7) is 6.24. The van der Waals surface area contributed by atoms with Gasteiger partial charge in [0.15, 0.2) is 5.65 Å². The number of amides is 1. The first-order chi connectivity index (χ1) is 16.3. The summed E-state index contributed by atoms with van der Waals surface area (Å²) < 4.78 is 35.1. The van der Waals surface area contributed by atoms with E-state index in [9.17, 15) is 13.6 Å². The average molecular weight is 463 g/mol. The quantitative estimate of drug-likeness (QED) is 0.428. The zero-order chi connectivity index (χ0) is 24.0. The molecule has 0 fully saturated rings. The molecule has 3 heterocycles. The molecule has 174 valence electrons. The Morgan fingerprint density at radius 3 is 2.65 bits per heavy atom. The molecule has 0 spiro atoms. The first kappa shape index (κ1) is 22.0. The first-order valence-corrected chi connectivity index (χ1v) is 11.2. The smallest absolute Gasteiger partial charge is 0.232 e. The highest BCUT2D eigenvalue weighted by Crippen LogP contribution is 2.36. The molecular weight excluding hydrogens is 438 g/mol. The number of hydrogen-bond acceptors (Lipinski definition) is 4. The number of fused-ring (bicyclic) bond motifs is 2. The van der Waals surface area contributed by atoms with Crippen LogP contribution in [0.15, 0.2) is 48.7 Å². The van der Waals surface area contributed by atoms with Gasteiger partial charge in [0.05, 0.1) is 35.8 Å². The Morgan fingerprint density at radius 1 is 1.18 bits per heavy atom. The van der Waals surface area contributed by atoms with Crippen molar-refractivity contribution in [3.05, 3.63) is 77.1 Å². The van der Waals surface area contributed by atoms with Crippen LogP contribution in [0.3, 0.4) is 0 Å². The third-order valence-corrected chi connectivity index (χ3v) is 6.11. The molecule has 1 amide bonds. The molecule has 1 N–H and O–H groups in total. The van der Waals surface area contributed by atoms with Crippen molar-refractivity contribution in [1.82, 2.24) is 14.6 Å². The van der Waals surface area contributed by atoms with Gasteiger partial charge in [-0.2, -0.15) is 5.10 Å². The number of aryl methyl sites for hydroxylation is 1. The lowest BCUT2D eigenvalue weighted by atomic mass is 9.92. The first-order valence-electron chi connectivity index (χ1n) is 11.2. The van der Waals surface area contributed by atoms with E-state index in [-0.39, 0.29) is 17.7 Å². The van der Waals surface area contributed by atoms with E-state index in [1.807, 2.05) is 38.1 Å². The molecule has 0 unspecified atom stereocenters. The summed E-state index contributed by atoms with van der Waals surface area (Å²) in [5, 5.41) is 7.54. The van der Waals surface area contributed by atoms with Gasteiger partial charge in [-0.1, -0.05) is 32.0 Å². The molecule has 4 aromatic rings. The Balaban J connectivity index is 1.57. The minimum atomic E-state index is -0.672. The zero-order valence-electron chi connectivity index (χ0n) is 19.1. The summed E-state index contributed by atoms with van der Waals surface area (Å²) in [5.41, 5.74) is 4.21. The van der Waals surface area contributed by atoms with E-state index in [1.165, 1.54) is 12.1 Å². The summed E-state index contributed by atoms with van der Waals surface area (Å²) >= 11 is 0. The van der Waals surface area contributed by atoms with E-state index in [2.05, 4.69) is 15.4 Å². The van der Waals surface area contributed by atoms with Gasteiger partial charge in [0, 0.05) is 22.8 Å². The van der Waals surface area contributed by atoms with Crippen molar-refractivity contribution in [3.63, 3.8) is 0 Å². The Kier molecular flexibility index (Phi) is 5.51. The molecule has 1 atom stereocenters. The van der Waals surface area contributed by atoms with E-state index in [0.29, 0.717) is 41.3 Å². The molecule has 0 saturated heterocycles. The van der Waals surface area contributed by atoms with E-state index >= 15 is 0 Å². The minimum Gasteiger partial charge on any atom is -0.493 e. The summed E-state index contributed by atoms with van der Waals surface area (Å²) in [6, 6.07) is 10.9. The Labute approximate surface area is 195 Å². The predicted molar refractivity (Wildman–Crippen MR) is 125 cm³/mol. The van der Waals surface area contributed by atoms with Crippen LogP contribution >= 0.6 is 0 Å². The second-order valence-electron chi connectivity index (χ2n) is 8.78. The minimum absolute atomic E-state index is 0.00155. The van der Waals surface area contributed by atoms with Crippen LogP contribution in [0.5, 0.6) is 5.75 Å². The van der Waals surface area contributed by atoms with Crippen molar-refractivity contribution in [2.24, 2.45) is 0 Å². The van der Waals surface area contributed by atoms with Gasteiger partial charge in [0.2, 0.25) is 5.91 Å². The zero-order valence-corrected chi connectivity index (χ0v) is 19.1. The number of benzene rings is 2. The number of para-hydroxylation sites is 1. The normalized spacial score (nSPS) is 15.3. The van der Waals surface area contributed by atoms with E-state index in [0.717, 1.165) is 22.9 Å². The van der Waals surface area contributed by atoms with Crippen LogP contribution < -0.4 is 10.1 Å². The standard InChI is InChI=1S/C26H24F2N4O2/c1-14(2)23-21(31-26(33)20-8-9-34-22-7-5-4-6-19(20)22)13-29-32-24(15(3)30-25(23)32)16-10-17(27)12-18(28)11-16/h4-7,10-14,20H,8-9H2,1-3H3,(H,31,33)/t20-/m0/s1. The van der Waals surface area contributed by atoms with E-state index in [4.69, 9.17) is 4.74 Å². The second kappa shape index (κ2) is 8.52. The number of carbonyl (C=O) groups excluding carboxylic acids is 1. The Hall–Kier alpha value is -3.81. The van der Waals surface area contributed by atoms with Crippen LogP contribution in [0.1, 0.15) is 48.9 Å². The number of nitrogens with zero attached hydrogens (tertiary/aromatic N) is 3. The number of ether oxygens (including phenoxy) is 1. The van der Waals surface area contributed by atoms with Gasteiger partial charge >= 0.3 is 0 Å². The van der Waals surface area contributed by atoms with Gasteiger partial charge in [-0.25, -0.2) is 18.3 Å². The lowest BCUT2D eigenvalue weighted by Crippen LogP contribution is -2.27. The van der Waals surface area contributed by atoms with Crippen molar-refractivity contribution < 1.29 is 18.3 Å². The van der Waals surface area contributed by atoms with Crippen LogP contribution in [0.2, 0.25) is 0 Å². The maximum Gasteiger partial charge on any atom is 0.232 e. The molecule has 0 bridgehead atoms. The third-order valence-electron chi connectivity index (χ3n) is 6.11. The lowest BCUT2D eigenvalue weighted by molar-refractivity contribution is -0.118. The second-order valence-corrected chi connectivity index (χ2v) is 8.78. The molecule has 0 aliphatic carbocycles. The number of carbonyl (C=O) groups is 1. The SMILES string of the molecule is Cc1nc2c(C(C)C)c(NC(=O)[C@H]3CCOc4ccccc43)cnn2c1-c1cc(F)cc(F)c1. The van der Waals surface area contributed by atoms with Crippen LogP contribution in [0.4, 0.5) is 14.5 Å². The molecule has 2 aromatic carbocycles. The number of imidazole rings is 1. The molecule has 2 aromatic heterocycles. The van der Waals surface area contributed by atoms with Crippen LogP contribution in [-0.2, 0) is 4.79 Å². The van der Waals surface area contributed by atoms with Crippen LogP contribution in [-0.4, -0.2) is 27.1 Å². The maximum atomic E-state index is 13.9. The third kappa shape index (κ3) is 3.79. The largest absolute Gasteiger partial charge is 0.493 e. The fourth-order valence-electron chi connectivity index (χ4n) is 4.64. The van der Waals surface area contributed by atoms with Gasteiger partial charge in [0.25, 0.3) is 0 Å². The van der Waals surface area contributed by atoms with Crippen molar-refractivity contribution in [3.8, 4) is 17.0 Å². The highest BCUT2D eigenvalue weighted by atomic mass is 19.1. The molecule has 1 aliphatic rings. The molecule has 34 heavy (non-hydrogen) atoms. The summed E-state index contributed by atoms with van der Waals surface area (Å²) in [6.07, 6.45) is 2.15. The number of halogens is 2. The molecule has 6 nitrogen and oxygen atoms in total. The highest BCUT2D eigenvalue weighted by molar-refractivity contribution is 5.97. The number of rotatable bonds is 4. The number of hydrogen-bond donors (Lipinski definition) is 1. The van der Waals surface area contributed by atoms with Gasteiger partial charge in [-0.05, 0) is 37.5 Å². The fourth-order valence-corrected chi connectivity index (χ4v) is 4.64. The molecule has 5 rings (SSSR count). The summed E-state index contributed by atoms with van der Waals surface area (Å²) in [5.74, 6) is -1.10. The molecule has 8 heteroatoms. The number of nitrogens with one attached hydrogen (secondary N) is 1. The summed E-state index contributed by atoms with van der Waals surface area (Å²) in [7, 11) is 0. The van der Waals surface area contributed by atoms with Gasteiger partial charge in [-0.15, -0.1) is 0 Å². The number of anilines is 1. The monoisotopic (exact) mass is 462 g/mol. The van der Waals surface area contributed by atoms with E-state index < -0.39 is 11.6 Å². The summed E-state index contributed by atoms with van der Waals surface area (Å²) in [4.78, 5) is 18.0. The van der Waals surface area contributed by atoms with Crippen molar-refractivity contribution >= 4 is 17.2 Å². The maximum absolute atomic E-state index is 13.9. The number of aromatic nitrogens is 3. The Morgan fingerprint density at radius 2 is 1.91 bits per heavy atom. The van der Waals surface area contributed by atoms with Crippen molar-refractivity contribution in [2.75, 3.05) is 11.9 Å².